The molecule has 0 aromatic rings. The van der Waals surface area contributed by atoms with Crippen LogP contribution in [0.2, 0.25) is 0 Å². The van der Waals surface area contributed by atoms with Crippen LogP contribution in [0.3, 0.4) is 0 Å². The summed E-state index contributed by atoms with van der Waals surface area (Å²) in [5.74, 6) is 0. The molecule has 1 aliphatic rings. The van der Waals surface area contributed by atoms with E-state index in [0.717, 1.165) is 0 Å². The van der Waals surface area contributed by atoms with Gasteiger partial charge in [-0.3, -0.25) is 0 Å². The van der Waals surface area contributed by atoms with Crippen molar-refractivity contribution in [3.05, 3.63) is 0 Å². The normalized spacial score (nSPS) is 35.5. The van der Waals surface area contributed by atoms with Crippen LogP contribution in [0.4, 0.5) is 13.2 Å². The Bertz CT molecular complexity index is 181. The van der Waals surface area contributed by atoms with Crippen molar-refractivity contribution in [1.29, 1.82) is 0 Å². The molecule has 1 fully saturated rings. The molecule has 0 N–H and O–H groups in total. The summed E-state index contributed by atoms with van der Waals surface area (Å²) in [4.78, 5) is 0. The van der Waals surface area contributed by atoms with Crippen molar-refractivity contribution in [1.82, 2.24) is 0 Å². The Morgan fingerprint density at radius 3 is 1.67 bits per heavy atom. The molecule has 1 saturated carbocycles. The van der Waals surface area contributed by atoms with Gasteiger partial charge in [-0.2, -0.15) is 13.2 Å². The maximum Gasteiger partial charge on any atom is 0.394 e. The summed E-state index contributed by atoms with van der Waals surface area (Å²) in [5.41, 5.74) is -1.57. The molecule has 1 rings (SSSR count). The van der Waals surface area contributed by atoms with Crippen LogP contribution in [0.1, 0.15) is 40.0 Å². The Balaban J connectivity index is 2.78. The number of hydrogen-bond donors (Lipinski definition) is 0. The molecule has 0 aromatic heterocycles. The lowest BCUT2D eigenvalue weighted by Gasteiger charge is -2.28. The third-order valence-corrected chi connectivity index (χ3v) is 2.91. The van der Waals surface area contributed by atoms with E-state index in [1.807, 2.05) is 13.8 Å². The lowest BCUT2D eigenvalue weighted by Crippen LogP contribution is -2.33. The van der Waals surface area contributed by atoms with Gasteiger partial charge in [-0.1, -0.05) is 20.8 Å². The maximum atomic E-state index is 12.5. The van der Waals surface area contributed by atoms with Gasteiger partial charge in [0.1, 0.15) is 0 Å². The summed E-state index contributed by atoms with van der Waals surface area (Å²) in [6.07, 6.45) is -2.79. The third kappa shape index (κ3) is 1.59. The molecule has 0 spiro atoms. The highest BCUT2D eigenvalue weighted by Crippen LogP contribution is 2.56. The average molecular weight is 180 g/mol. The van der Waals surface area contributed by atoms with Crippen molar-refractivity contribution in [3.8, 4) is 0 Å². The molecule has 0 saturated heterocycles. The first-order valence-corrected chi connectivity index (χ1v) is 4.23. The standard InChI is InChI=1S/C9H15F3/c1-7(2)4-5-8(3,6-7)9(10,11)12/h4-6H2,1-3H3/t8-/m1/s1. The molecule has 0 radical (unpaired) electrons. The highest BCUT2D eigenvalue weighted by molar-refractivity contribution is 4.94. The van der Waals surface area contributed by atoms with Crippen molar-refractivity contribution in [2.45, 2.75) is 46.2 Å². The predicted molar refractivity (Wildman–Crippen MR) is 41.8 cm³/mol. The SMILES string of the molecule is CC1(C)CC[C@@](C)(C(F)(F)F)C1. The van der Waals surface area contributed by atoms with Gasteiger partial charge in [0.05, 0.1) is 5.41 Å². The number of hydrogen-bond acceptors (Lipinski definition) is 0. The highest BCUT2D eigenvalue weighted by atomic mass is 19.4. The second kappa shape index (κ2) is 2.39. The first kappa shape index (κ1) is 9.87. The molecule has 3 heteroatoms. The van der Waals surface area contributed by atoms with Gasteiger partial charge in [-0.15, -0.1) is 0 Å². The van der Waals surface area contributed by atoms with E-state index in [0.29, 0.717) is 6.42 Å². The van der Waals surface area contributed by atoms with Gasteiger partial charge >= 0.3 is 6.18 Å². The van der Waals surface area contributed by atoms with E-state index in [2.05, 4.69) is 0 Å². The van der Waals surface area contributed by atoms with Crippen LogP contribution in [0.5, 0.6) is 0 Å². The lowest BCUT2D eigenvalue weighted by molar-refractivity contribution is -0.217. The van der Waals surface area contributed by atoms with Crippen LogP contribution in [0.15, 0.2) is 0 Å². The highest BCUT2D eigenvalue weighted by Gasteiger charge is 2.56. The molecule has 1 atom stereocenters. The summed E-state index contributed by atoms with van der Waals surface area (Å²) in [5, 5.41) is 0. The first-order valence-electron chi connectivity index (χ1n) is 4.23. The average Bonchev–Trinajstić information content (AvgIpc) is 2.05. The first-order chi connectivity index (χ1) is 5.16. The molecule has 72 valence electrons. The van der Waals surface area contributed by atoms with Crippen molar-refractivity contribution in [2.24, 2.45) is 10.8 Å². The van der Waals surface area contributed by atoms with Gasteiger partial charge in [-0.05, 0) is 24.7 Å². The maximum absolute atomic E-state index is 12.5. The number of alkyl halides is 3. The van der Waals surface area contributed by atoms with Crippen molar-refractivity contribution in [3.63, 3.8) is 0 Å². The van der Waals surface area contributed by atoms with Crippen molar-refractivity contribution in [2.75, 3.05) is 0 Å². The van der Waals surface area contributed by atoms with Crippen LogP contribution < -0.4 is 0 Å². The Morgan fingerprint density at radius 1 is 1.00 bits per heavy atom. The lowest BCUT2D eigenvalue weighted by atomic mass is 9.83. The Morgan fingerprint density at radius 2 is 1.50 bits per heavy atom. The summed E-state index contributed by atoms with van der Waals surface area (Å²) in [6, 6.07) is 0. The Labute approximate surface area is 71.1 Å². The van der Waals surface area contributed by atoms with Crippen LogP contribution in [-0.2, 0) is 0 Å². The Kier molecular flexibility index (Phi) is 1.97. The summed E-state index contributed by atoms with van der Waals surface area (Å²) in [6.45, 7) is 5.15. The molecule has 0 bridgehead atoms. The molecule has 0 aliphatic heterocycles. The summed E-state index contributed by atoms with van der Waals surface area (Å²) < 4.78 is 37.5. The van der Waals surface area contributed by atoms with E-state index in [4.69, 9.17) is 0 Å². The van der Waals surface area contributed by atoms with Crippen LogP contribution in [0.25, 0.3) is 0 Å². The van der Waals surface area contributed by atoms with Gasteiger partial charge in [0.2, 0.25) is 0 Å². The molecule has 1 aliphatic carbocycles. The monoisotopic (exact) mass is 180 g/mol. The van der Waals surface area contributed by atoms with Crippen molar-refractivity contribution < 1.29 is 13.2 Å². The topological polar surface area (TPSA) is 0 Å². The van der Waals surface area contributed by atoms with Gasteiger partial charge in [0.15, 0.2) is 0 Å². The van der Waals surface area contributed by atoms with Crippen LogP contribution in [-0.4, -0.2) is 6.18 Å². The van der Waals surface area contributed by atoms with Crippen LogP contribution >= 0.6 is 0 Å². The molecule has 0 unspecified atom stereocenters. The zero-order chi connectivity index (χ0) is 9.62. The van der Waals surface area contributed by atoms with E-state index in [1.54, 1.807) is 0 Å². The molecule has 12 heavy (non-hydrogen) atoms. The van der Waals surface area contributed by atoms with E-state index in [1.165, 1.54) is 6.92 Å². The molecular weight excluding hydrogens is 165 g/mol. The van der Waals surface area contributed by atoms with E-state index in [9.17, 15) is 13.2 Å². The second-order valence-corrected chi connectivity index (χ2v) is 4.90. The van der Waals surface area contributed by atoms with Gasteiger partial charge in [0, 0.05) is 0 Å². The molecule has 0 aromatic carbocycles. The quantitative estimate of drug-likeness (QED) is 0.532. The zero-order valence-electron chi connectivity index (χ0n) is 7.76. The van der Waals surface area contributed by atoms with E-state index < -0.39 is 11.6 Å². The summed E-state index contributed by atoms with van der Waals surface area (Å²) in [7, 11) is 0. The smallest absolute Gasteiger partial charge is 0.171 e. The predicted octanol–water partition coefficient (Wildman–Crippen LogP) is 3.77. The number of rotatable bonds is 0. The van der Waals surface area contributed by atoms with E-state index in [-0.39, 0.29) is 18.3 Å². The van der Waals surface area contributed by atoms with E-state index >= 15 is 0 Å². The zero-order valence-corrected chi connectivity index (χ0v) is 7.76. The van der Waals surface area contributed by atoms with Gasteiger partial charge in [0.25, 0.3) is 0 Å². The Hall–Kier alpha value is -0.210. The summed E-state index contributed by atoms with van der Waals surface area (Å²) >= 11 is 0. The number of halogens is 3. The fourth-order valence-electron chi connectivity index (χ4n) is 2.09. The minimum absolute atomic E-state index is 0.135. The fourth-order valence-corrected chi connectivity index (χ4v) is 2.09. The van der Waals surface area contributed by atoms with Gasteiger partial charge in [-0.25, -0.2) is 0 Å². The molecular formula is C9H15F3. The molecule has 0 nitrogen and oxygen atoms in total. The van der Waals surface area contributed by atoms with Crippen molar-refractivity contribution >= 4 is 0 Å². The second-order valence-electron chi connectivity index (χ2n) is 4.90. The molecule has 0 heterocycles. The van der Waals surface area contributed by atoms with Crippen LogP contribution in [0, 0.1) is 10.8 Å². The fraction of sp³-hybridized carbons (Fsp3) is 1.00. The van der Waals surface area contributed by atoms with Gasteiger partial charge < -0.3 is 0 Å². The minimum atomic E-state index is -4.03. The largest absolute Gasteiger partial charge is 0.394 e. The third-order valence-electron chi connectivity index (χ3n) is 2.91. The molecule has 0 amide bonds. The minimum Gasteiger partial charge on any atom is -0.171 e.